The molecule has 2 aliphatic rings. The molecule has 62 heavy (non-hydrogen) atoms. The Morgan fingerprint density at radius 2 is 1.42 bits per heavy atom. The number of aromatic nitrogens is 2. The third-order valence-corrected chi connectivity index (χ3v) is 12.3. The average molecular weight is 813 g/mol. The van der Waals surface area contributed by atoms with E-state index >= 15 is 13.2 Å². The van der Waals surface area contributed by atoms with Crippen molar-refractivity contribution in [1.29, 1.82) is 10.5 Å². The van der Waals surface area contributed by atoms with Crippen molar-refractivity contribution in [3.8, 4) is 45.8 Å². The lowest BCUT2D eigenvalue weighted by Crippen LogP contribution is -2.21. The van der Waals surface area contributed by atoms with Crippen molar-refractivity contribution in [1.82, 2.24) is 9.13 Å². The van der Waals surface area contributed by atoms with Gasteiger partial charge in [0.15, 0.2) is 0 Å². The number of para-hydroxylation sites is 1. The van der Waals surface area contributed by atoms with Crippen molar-refractivity contribution in [3.63, 3.8) is 0 Å². The molecule has 6 aromatic carbocycles. The van der Waals surface area contributed by atoms with Gasteiger partial charge < -0.3 is 9.13 Å². The molecule has 0 amide bonds. The predicted octanol–water partition coefficient (Wildman–Crippen LogP) is 12.8. The van der Waals surface area contributed by atoms with Crippen LogP contribution >= 0.6 is 0 Å². The lowest BCUT2D eigenvalue weighted by atomic mass is 9.90. The molecule has 2 aromatic heterocycles. The SMILES string of the molecule is CC1=CC(=c2ccc3c4c(n(-c5ccc(-c6c(C#N)cccc6C(F)(F)F)c(-n6c7ccccc7c7ccc(-c8cc(C)cc(C)c8)cc76)c5C#N)c3c2)=CC=CC4)CC(C)=C1. The second kappa shape index (κ2) is 14.5. The zero-order valence-electron chi connectivity index (χ0n) is 34.6. The van der Waals surface area contributed by atoms with Gasteiger partial charge in [-0.1, -0.05) is 119 Å². The smallest absolute Gasteiger partial charge is 0.308 e. The fourth-order valence-electron chi connectivity index (χ4n) is 9.88. The van der Waals surface area contributed by atoms with Crippen LogP contribution in [0.25, 0.3) is 78.0 Å². The first kappa shape index (κ1) is 38.6. The normalized spacial score (nSPS) is 14.7. The van der Waals surface area contributed by atoms with Crippen LogP contribution in [-0.4, -0.2) is 9.13 Å². The van der Waals surface area contributed by atoms with Crippen LogP contribution in [0.1, 0.15) is 53.6 Å². The van der Waals surface area contributed by atoms with Gasteiger partial charge in [0.05, 0.1) is 50.5 Å². The van der Waals surface area contributed by atoms with Crippen molar-refractivity contribution in [2.45, 2.75) is 46.7 Å². The largest absolute Gasteiger partial charge is 0.417 e. The zero-order chi connectivity index (χ0) is 43.0. The maximum absolute atomic E-state index is 15.2. The number of alkyl halides is 3. The molecule has 0 radical (unpaired) electrons. The number of rotatable bonds is 4. The molecule has 0 spiro atoms. The van der Waals surface area contributed by atoms with Crippen LogP contribution in [0.2, 0.25) is 0 Å². The molecule has 10 rings (SSSR count). The number of fused-ring (bicyclic) bond motifs is 6. The second-order valence-electron chi connectivity index (χ2n) is 16.6. The summed E-state index contributed by atoms with van der Waals surface area (Å²) in [6.07, 6.45) is 7.25. The van der Waals surface area contributed by atoms with Crippen molar-refractivity contribution >= 4 is 44.4 Å². The summed E-state index contributed by atoms with van der Waals surface area (Å²) in [4.78, 5) is 0. The number of halogens is 3. The van der Waals surface area contributed by atoms with Gasteiger partial charge >= 0.3 is 6.18 Å². The predicted molar refractivity (Wildman–Crippen MR) is 244 cm³/mol. The molecular weight excluding hydrogens is 774 g/mol. The van der Waals surface area contributed by atoms with Gasteiger partial charge in [-0.05, 0) is 110 Å². The summed E-state index contributed by atoms with van der Waals surface area (Å²) in [5, 5.41) is 26.9. The minimum atomic E-state index is -4.80. The van der Waals surface area contributed by atoms with E-state index in [1.807, 2.05) is 41.0 Å². The third kappa shape index (κ3) is 6.20. The molecule has 300 valence electrons. The Labute approximate surface area is 357 Å². The van der Waals surface area contributed by atoms with Gasteiger partial charge in [0.1, 0.15) is 11.6 Å². The molecule has 0 bridgehead atoms. The quantitative estimate of drug-likeness (QED) is 0.178. The summed E-state index contributed by atoms with van der Waals surface area (Å²) >= 11 is 0. The molecule has 2 aliphatic carbocycles. The van der Waals surface area contributed by atoms with Crippen molar-refractivity contribution in [3.05, 3.63) is 189 Å². The fourth-order valence-corrected chi connectivity index (χ4v) is 9.88. The van der Waals surface area contributed by atoms with Crippen molar-refractivity contribution in [2.24, 2.45) is 0 Å². The van der Waals surface area contributed by atoms with Gasteiger partial charge in [0, 0.05) is 27.3 Å². The van der Waals surface area contributed by atoms with Crippen molar-refractivity contribution < 1.29 is 13.2 Å². The third-order valence-electron chi connectivity index (χ3n) is 12.3. The molecule has 0 saturated heterocycles. The minimum Gasteiger partial charge on any atom is -0.308 e. The molecule has 0 fully saturated rings. The number of hydrogen-bond donors (Lipinski definition) is 0. The highest BCUT2D eigenvalue weighted by Gasteiger charge is 2.36. The molecule has 8 aromatic rings. The van der Waals surface area contributed by atoms with Gasteiger partial charge in [-0.15, -0.1) is 0 Å². The first-order chi connectivity index (χ1) is 29.9. The van der Waals surface area contributed by atoms with Gasteiger partial charge in [-0.2, -0.15) is 23.7 Å². The van der Waals surface area contributed by atoms with Crippen LogP contribution in [0.3, 0.4) is 0 Å². The van der Waals surface area contributed by atoms with E-state index in [0.29, 0.717) is 17.6 Å². The summed E-state index contributed by atoms with van der Waals surface area (Å²) in [6.45, 7) is 8.34. The van der Waals surface area contributed by atoms with Gasteiger partial charge in [-0.25, -0.2) is 0 Å². The first-order valence-electron chi connectivity index (χ1n) is 20.6. The highest BCUT2D eigenvalue weighted by atomic mass is 19.4. The van der Waals surface area contributed by atoms with Crippen LogP contribution in [0.15, 0.2) is 145 Å². The highest BCUT2D eigenvalue weighted by Crippen LogP contribution is 2.46. The number of nitrogens with zero attached hydrogens (tertiary/aromatic N) is 4. The average Bonchev–Trinajstić information content (AvgIpc) is 3.76. The first-order valence-corrected chi connectivity index (χ1v) is 20.6. The molecule has 4 nitrogen and oxygen atoms in total. The molecule has 0 atom stereocenters. The van der Waals surface area contributed by atoms with E-state index in [1.54, 1.807) is 12.1 Å². The maximum atomic E-state index is 15.2. The molecule has 0 unspecified atom stereocenters. The number of aryl methyl sites for hydroxylation is 2. The lowest BCUT2D eigenvalue weighted by Gasteiger charge is -2.22. The number of benzene rings is 6. The molecule has 0 saturated carbocycles. The van der Waals surface area contributed by atoms with Crippen LogP contribution in [0.5, 0.6) is 0 Å². The minimum absolute atomic E-state index is 0.129. The Balaban J connectivity index is 1.39. The molecule has 0 N–H and O–H groups in total. The lowest BCUT2D eigenvalue weighted by molar-refractivity contribution is -0.137. The van der Waals surface area contributed by atoms with Crippen molar-refractivity contribution in [2.75, 3.05) is 0 Å². The zero-order valence-corrected chi connectivity index (χ0v) is 34.6. The van der Waals surface area contributed by atoms with E-state index in [9.17, 15) is 10.5 Å². The number of nitriles is 2. The summed E-state index contributed by atoms with van der Waals surface area (Å²) in [5.41, 5.74) is 10.9. The standard InChI is InChI=1S/C55H39F3N4/c1-32-22-33(2)25-39(24-32)36-16-18-43-41-11-5-7-14-48(41)61(51(43)28-36)50-21-20-45(53-38(30-59)10-9-13-47(53)55(56,57)58)54(46(50)31-60)62-49-15-8-6-12-42(49)44-19-17-37(29-52(44)62)40-26-34(3)23-35(4)27-40/h5-10,12-24,26-29H,11,25H2,1-4H3. The summed E-state index contributed by atoms with van der Waals surface area (Å²) in [6, 6.07) is 38.5. The van der Waals surface area contributed by atoms with Gasteiger partial charge in [0.25, 0.3) is 0 Å². The van der Waals surface area contributed by atoms with E-state index < -0.39 is 11.7 Å². The summed E-state index contributed by atoms with van der Waals surface area (Å²) in [7, 11) is 0. The van der Waals surface area contributed by atoms with E-state index in [0.717, 1.165) is 78.1 Å². The fraction of sp³-hybridized carbons (Fsp3) is 0.127. The summed E-state index contributed by atoms with van der Waals surface area (Å²) in [5.74, 6) is 0. The van der Waals surface area contributed by atoms with Gasteiger partial charge in [0.2, 0.25) is 0 Å². The Kier molecular flexibility index (Phi) is 9.05. The van der Waals surface area contributed by atoms with Crippen LogP contribution < -0.4 is 10.6 Å². The number of hydrogen-bond acceptors (Lipinski definition) is 2. The van der Waals surface area contributed by atoms with Gasteiger partial charge in [-0.3, -0.25) is 0 Å². The van der Waals surface area contributed by atoms with E-state index in [-0.39, 0.29) is 27.9 Å². The Morgan fingerprint density at radius 1 is 0.661 bits per heavy atom. The number of allylic oxidation sites excluding steroid dienone is 6. The van der Waals surface area contributed by atoms with Crippen LogP contribution in [0, 0.1) is 36.5 Å². The second-order valence-corrected chi connectivity index (χ2v) is 16.6. The molecule has 0 aliphatic heterocycles. The molecular formula is C55H39F3N4. The topological polar surface area (TPSA) is 57.4 Å². The molecule has 7 heteroatoms. The highest BCUT2D eigenvalue weighted by molar-refractivity contribution is 6.11. The maximum Gasteiger partial charge on any atom is 0.417 e. The Hall–Kier alpha value is -7.61. The Morgan fingerprint density at radius 3 is 2.18 bits per heavy atom. The molecule has 2 heterocycles. The van der Waals surface area contributed by atoms with E-state index in [2.05, 4.69) is 117 Å². The van der Waals surface area contributed by atoms with Crippen LogP contribution in [-0.2, 0) is 12.6 Å². The monoisotopic (exact) mass is 812 g/mol. The van der Waals surface area contributed by atoms with Crippen LogP contribution in [0.4, 0.5) is 13.2 Å². The van der Waals surface area contributed by atoms with E-state index in [4.69, 9.17) is 0 Å². The Bertz CT molecular complexity index is 3550. The van der Waals surface area contributed by atoms with E-state index in [1.165, 1.54) is 28.9 Å². The summed E-state index contributed by atoms with van der Waals surface area (Å²) < 4.78 is 49.7.